The maximum absolute atomic E-state index is 12.9. The molecule has 2 atom stereocenters. The van der Waals surface area contributed by atoms with E-state index in [9.17, 15) is 4.79 Å². The predicted molar refractivity (Wildman–Crippen MR) is 106 cm³/mol. The molecule has 2 amide bonds. The van der Waals surface area contributed by atoms with E-state index in [0.29, 0.717) is 12.4 Å². The van der Waals surface area contributed by atoms with Crippen LogP contribution in [0.2, 0.25) is 0 Å². The molecule has 2 saturated heterocycles. The number of morpholine rings is 1. The molecule has 2 fully saturated rings. The van der Waals surface area contributed by atoms with Gasteiger partial charge >= 0.3 is 6.03 Å². The summed E-state index contributed by atoms with van der Waals surface area (Å²) in [7, 11) is 0. The highest BCUT2D eigenvalue weighted by Gasteiger charge is 2.30. The van der Waals surface area contributed by atoms with Crippen LogP contribution >= 0.6 is 0 Å². The van der Waals surface area contributed by atoms with Crippen molar-refractivity contribution >= 4 is 18.2 Å². The fourth-order valence-corrected chi connectivity index (χ4v) is 3.61. The first-order valence-electron chi connectivity index (χ1n) is 9.57. The minimum absolute atomic E-state index is 0.0491. The summed E-state index contributed by atoms with van der Waals surface area (Å²) in [5.41, 5.74) is 0. The minimum atomic E-state index is -0.254. The van der Waals surface area contributed by atoms with E-state index in [1.807, 2.05) is 12.2 Å². The van der Waals surface area contributed by atoms with E-state index in [-0.39, 0.29) is 18.2 Å². The summed E-state index contributed by atoms with van der Waals surface area (Å²) in [6.45, 7) is 5.95. The normalized spacial score (nSPS) is 24.9. The van der Waals surface area contributed by atoms with Gasteiger partial charge in [-0.05, 0) is 31.7 Å². The van der Waals surface area contributed by atoms with Gasteiger partial charge in [-0.2, -0.15) is 0 Å². The van der Waals surface area contributed by atoms with Gasteiger partial charge in [0.05, 0.1) is 24.9 Å². The molecule has 4 rings (SSSR count). The van der Waals surface area contributed by atoms with Gasteiger partial charge in [-0.1, -0.05) is 0 Å². The van der Waals surface area contributed by atoms with Crippen LogP contribution in [0.3, 0.4) is 0 Å². The number of ether oxygens (including phenoxy) is 1. The molecule has 4 heterocycles. The van der Waals surface area contributed by atoms with Gasteiger partial charge < -0.3 is 14.5 Å². The zero-order valence-corrected chi connectivity index (χ0v) is 15.9. The SMILES string of the molecule is C[C@@H]1CN(C2=CC=CN3CC[C@@H](C3)N(C(=O)Nc3cnccn3)C=N2)CCO1. The van der Waals surface area contributed by atoms with Crippen molar-refractivity contribution in [1.29, 1.82) is 0 Å². The van der Waals surface area contributed by atoms with E-state index in [0.717, 1.165) is 38.4 Å². The Balaban J connectivity index is 1.57. The smallest absolute Gasteiger partial charge is 0.328 e. The van der Waals surface area contributed by atoms with Gasteiger partial charge in [-0.15, -0.1) is 0 Å². The van der Waals surface area contributed by atoms with Crippen molar-refractivity contribution in [3.8, 4) is 0 Å². The molecule has 148 valence electrons. The lowest BCUT2D eigenvalue weighted by atomic mass is 10.2. The quantitative estimate of drug-likeness (QED) is 0.833. The van der Waals surface area contributed by atoms with E-state index in [2.05, 4.69) is 43.2 Å². The number of aromatic nitrogens is 2. The summed E-state index contributed by atoms with van der Waals surface area (Å²) in [4.78, 5) is 31.8. The monoisotopic (exact) mass is 383 g/mol. The predicted octanol–water partition coefficient (Wildman–Crippen LogP) is 1.50. The van der Waals surface area contributed by atoms with Crippen molar-refractivity contribution in [2.75, 3.05) is 38.1 Å². The zero-order valence-electron chi connectivity index (χ0n) is 15.9. The Morgan fingerprint density at radius 1 is 1.29 bits per heavy atom. The fourth-order valence-electron chi connectivity index (χ4n) is 3.61. The molecule has 0 radical (unpaired) electrons. The number of aliphatic imine (C=N–C) groups is 1. The molecule has 0 aliphatic carbocycles. The van der Waals surface area contributed by atoms with Crippen molar-refractivity contribution in [1.82, 2.24) is 24.7 Å². The Bertz CT molecular complexity index is 780. The van der Waals surface area contributed by atoms with Gasteiger partial charge in [0.1, 0.15) is 12.2 Å². The van der Waals surface area contributed by atoms with Crippen LogP contribution in [0.4, 0.5) is 10.6 Å². The van der Waals surface area contributed by atoms with Crippen molar-refractivity contribution in [2.45, 2.75) is 25.5 Å². The van der Waals surface area contributed by atoms with Gasteiger partial charge in [0.2, 0.25) is 0 Å². The number of hydrogen-bond acceptors (Lipinski definition) is 7. The van der Waals surface area contributed by atoms with Gasteiger partial charge in [0.25, 0.3) is 0 Å². The molecule has 28 heavy (non-hydrogen) atoms. The number of carbonyl (C=O) groups excluding carboxylic acids is 1. The first-order chi connectivity index (χ1) is 13.7. The summed E-state index contributed by atoms with van der Waals surface area (Å²) in [5.74, 6) is 1.25. The lowest BCUT2D eigenvalue weighted by Crippen LogP contribution is -2.44. The van der Waals surface area contributed by atoms with Crippen LogP contribution in [0.1, 0.15) is 13.3 Å². The van der Waals surface area contributed by atoms with Crippen molar-refractivity contribution < 1.29 is 9.53 Å². The lowest BCUT2D eigenvalue weighted by Gasteiger charge is -2.33. The number of nitrogens with one attached hydrogen (secondary N) is 1. The van der Waals surface area contributed by atoms with E-state index in [4.69, 9.17) is 4.74 Å². The number of urea groups is 1. The number of anilines is 1. The highest BCUT2D eigenvalue weighted by atomic mass is 16.5. The Kier molecular flexibility index (Phi) is 5.52. The third-order valence-corrected chi connectivity index (χ3v) is 5.04. The summed E-state index contributed by atoms with van der Waals surface area (Å²) < 4.78 is 5.63. The summed E-state index contributed by atoms with van der Waals surface area (Å²) in [5, 5.41) is 2.81. The van der Waals surface area contributed by atoms with Crippen molar-refractivity contribution in [3.63, 3.8) is 0 Å². The second-order valence-electron chi connectivity index (χ2n) is 7.10. The molecule has 1 aromatic heterocycles. The standard InChI is InChI=1S/C19H25N7O2/c1-15-12-25(9-10-28-15)18-3-2-7-24-8-4-16(13-24)26(14-22-18)19(27)23-17-11-20-5-6-21-17/h2-3,5-7,11,14-16H,4,8-10,12-13H2,1H3,(H,21,23,27)/t15-,16+/m1/s1. The molecule has 3 aliphatic heterocycles. The van der Waals surface area contributed by atoms with Crippen LogP contribution in [-0.4, -0.2) is 82.0 Å². The Morgan fingerprint density at radius 2 is 2.21 bits per heavy atom. The highest BCUT2D eigenvalue weighted by Crippen LogP contribution is 2.19. The lowest BCUT2D eigenvalue weighted by molar-refractivity contribution is -0.00618. The molecule has 3 aliphatic rings. The second-order valence-corrected chi connectivity index (χ2v) is 7.10. The van der Waals surface area contributed by atoms with Gasteiger partial charge in [-0.3, -0.25) is 15.2 Å². The third-order valence-electron chi connectivity index (χ3n) is 5.04. The number of rotatable bonds is 2. The number of nitrogens with zero attached hydrogens (tertiary/aromatic N) is 6. The number of amides is 2. The highest BCUT2D eigenvalue weighted by molar-refractivity contribution is 5.96. The molecule has 1 aromatic rings. The van der Waals surface area contributed by atoms with Crippen LogP contribution in [0.25, 0.3) is 0 Å². The number of fused-ring (bicyclic) bond motifs is 2. The topological polar surface area (TPSA) is 86.2 Å². The van der Waals surface area contributed by atoms with Gasteiger partial charge in [0, 0.05) is 38.6 Å². The van der Waals surface area contributed by atoms with Crippen molar-refractivity contribution in [2.24, 2.45) is 4.99 Å². The first-order valence-corrected chi connectivity index (χ1v) is 9.57. The van der Waals surface area contributed by atoms with Gasteiger partial charge in [-0.25, -0.2) is 14.8 Å². The van der Waals surface area contributed by atoms with E-state index >= 15 is 0 Å². The van der Waals surface area contributed by atoms with Crippen LogP contribution in [0.5, 0.6) is 0 Å². The number of carbonyl (C=O) groups is 1. The Morgan fingerprint density at radius 3 is 3.04 bits per heavy atom. The van der Waals surface area contributed by atoms with Crippen LogP contribution in [0, 0.1) is 0 Å². The largest absolute Gasteiger partial charge is 0.375 e. The zero-order chi connectivity index (χ0) is 19.3. The average Bonchev–Trinajstić information content (AvgIpc) is 3.15. The average molecular weight is 383 g/mol. The maximum atomic E-state index is 12.9. The third kappa shape index (κ3) is 4.30. The molecule has 9 nitrogen and oxygen atoms in total. The maximum Gasteiger partial charge on any atom is 0.328 e. The molecule has 0 aromatic carbocycles. The Labute approximate surface area is 164 Å². The van der Waals surface area contributed by atoms with Crippen LogP contribution in [-0.2, 0) is 4.74 Å². The number of allylic oxidation sites excluding steroid dienone is 2. The second kappa shape index (κ2) is 8.39. The molecule has 0 saturated carbocycles. The molecular formula is C19H25N7O2. The van der Waals surface area contributed by atoms with E-state index in [1.165, 1.54) is 6.20 Å². The molecule has 2 bridgehead atoms. The molecular weight excluding hydrogens is 358 g/mol. The first kappa shape index (κ1) is 18.4. The van der Waals surface area contributed by atoms with Crippen LogP contribution < -0.4 is 5.32 Å². The van der Waals surface area contributed by atoms with E-state index < -0.39 is 0 Å². The Hall–Kier alpha value is -2.94. The van der Waals surface area contributed by atoms with Crippen molar-refractivity contribution in [3.05, 3.63) is 42.8 Å². The molecule has 0 spiro atoms. The fraction of sp³-hybridized carbons (Fsp3) is 0.474. The molecule has 0 unspecified atom stereocenters. The molecule has 1 N–H and O–H groups in total. The summed E-state index contributed by atoms with van der Waals surface area (Å²) >= 11 is 0. The van der Waals surface area contributed by atoms with Crippen LogP contribution in [0.15, 0.2) is 47.8 Å². The minimum Gasteiger partial charge on any atom is -0.375 e. The number of hydrogen-bond donors (Lipinski definition) is 1. The van der Waals surface area contributed by atoms with Gasteiger partial charge in [0.15, 0.2) is 5.82 Å². The van der Waals surface area contributed by atoms with E-state index in [1.54, 1.807) is 23.6 Å². The molecule has 9 heteroatoms. The summed E-state index contributed by atoms with van der Waals surface area (Å²) in [6.07, 6.45) is 13.4. The summed E-state index contributed by atoms with van der Waals surface area (Å²) in [6, 6.07) is -0.205.